The van der Waals surface area contributed by atoms with E-state index in [0.717, 1.165) is 5.39 Å². The Bertz CT molecular complexity index is 861. The normalized spacial score (nSPS) is 16.5. The van der Waals surface area contributed by atoms with Crippen molar-refractivity contribution in [1.82, 2.24) is 15.3 Å². The quantitative estimate of drug-likeness (QED) is 0.587. The lowest BCUT2D eigenvalue weighted by Crippen LogP contribution is -2.24. The second kappa shape index (κ2) is 5.60. The Labute approximate surface area is 131 Å². The summed E-state index contributed by atoms with van der Waals surface area (Å²) in [7, 11) is 0. The van der Waals surface area contributed by atoms with Crippen LogP contribution in [0.25, 0.3) is 17.1 Å². The second-order valence-electron chi connectivity index (χ2n) is 5.39. The van der Waals surface area contributed by atoms with E-state index in [9.17, 15) is 14.7 Å². The summed E-state index contributed by atoms with van der Waals surface area (Å²) in [5.41, 5.74) is 0.992. The number of rotatable bonds is 4. The molecule has 3 rings (SSSR count). The molecule has 3 N–H and O–H groups in total. The van der Waals surface area contributed by atoms with Gasteiger partial charge in [-0.3, -0.25) is 4.79 Å². The minimum Gasteiger partial charge on any atom is -0.477 e. The first-order valence-electron chi connectivity index (χ1n) is 7.08. The number of carbonyl (C=O) groups is 2. The molecule has 7 nitrogen and oxygen atoms in total. The van der Waals surface area contributed by atoms with Crippen molar-refractivity contribution in [2.75, 3.05) is 0 Å². The van der Waals surface area contributed by atoms with Crippen LogP contribution in [0.3, 0.4) is 0 Å². The number of hydrogen-bond acceptors (Lipinski definition) is 5. The summed E-state index contributed by atoms with van der Waals surface area (Å²) in [6.07, 6.45) is 4.86. The molecule has 23 heavy (non-hydrogen) atoms. The van der Waals surface area contributed by atoms with Gasteiger partial charge >= 0.3 is 5.97 Å². The highest BCUT2D eigenvalue weighted by Crippen LogP contribution is 2.27. The molecule has 0 fully saturated rings. The van der Waals surface area contributed by atoms with E-state index in [1.165, 1.54) is 6.08 Å². The van der Waals surface area contributed by atoms with Gasteiger partial charge in [-0.2, -0.15) is 0 Å². The number of carboxylic acid groups (broad SMARTS) is 1. The zero-order valence-electron chi connectivity index (χ0n) is 12.6. The largest absolute Gasteiger partial charge is 0.477 e. The molecule has 0 saturated heterocycles. The number of ether oxygens (including phenoxy) is 1. The number of Topliss-reactive ketones (excluding diaryl/α,β-unsaturated/α-hetero) is 1. The van der Waals surface area contributed by atoms with E-state index in [1.807, 2.05) is 19.9 Å². The Balaban J connectivity index is 1.99. The molecule has 0 spiro atoms. The van der Waals surface area contributed by atoms with Crippen LogP contribution >= 0.6 is 0 Å². The highest BCUT2D eigenvalue weighted by Gasteiger charge is 2.36. The fourth-order valence-electron chi connectivity index (χ4n) is 2.32. The Morgan fingerprint density at radius 1 is 1.48 bits per heavy atom. The Morgan fingerprint density at radius 2 is 2.26 bits per heavy atom. The number of pyridine rings is 1. The van der Waals surface area contributed by atoms with Crippen LogP contribution in [0.2, 0.25) is 0 Å². The van der Waals surface area contributed by atoms with E-state index in [0.29, 0.717) is 11.2 Å². The molecule has 0 radical (unpaired) electrons. The molecule has 0 atom stereocenters. The molecule has 0 bridgehead atoms. The monoisotopic (exact) mass is 313 g/mol. The van der Waals surface area contributed by atoms with E-state index in [4.69, 9.17) is 4.74 Å². The highest BCUT2D eigenvalue weighted by molar-refractivity contribution is 6.26. The maximum Gasteiger partial charge on any atom is 0.345 e. The summed E-state index contributed by atoms with van der Waals surface area (Å²) < 4.78 is 5.45. The third kappa shape index (κ3) is 2.68. The van der Waals surface area contributed by atoms with Gasteiger partial charge in [-0.15, -0.1) is 0 Å². The number of aliphatic carboxylic acids is 1. The Morgan fingerprint density at radius 3 is 2.96 bits per heavy atom. The highest BCUT2D eigenvalue weighted by atomic mass is 16.5. The predicted molar refractivity (Wildman–Crippen MR) is 83.1 cm³/mol. The lowest BCUT2D eigenvalue weighted by Gasteiger charge is -2.10. The topological polar surface area (TPSA) is 104 Å². The van der Waals surface area contributed by atoms with Crippen LogP contribution in [0.15, 0.2) is 41.7 Å². The average molecular weight is 313 g/mol. The van der Waals surface area contributed by atoms with E-state index in [1.54, 1.807) is 18.5 Å². The summed E-state index contributed by atoms with van der Waals surface area (Å²) in [4.78, 5) is 30.8. The first-order valence-corrected chi connectivity index (χ1v) is 7.08. The van der Waals surface area contributed by atoms with Crippen molar-refractivity contribution >= 4 is 28.9 Å². The van der Waals surface area contributed by atoms with Gasteiger partial charge in [0.05, 0.1) is 0 Å². The first-order chi connectivity index (χ1) is 11.0. The number of nitrogens with zero attached hydrogens (tertiary/aromatic N) is 1. The van der Waals surface area contributed by atoms with Crippen LogP contribution in [0.4, 0.5) is 0 Å². The maximum atomic E-state index is 12.3. The third-order valence-corrected chi connectivity index (χ3v) is 3.29. The zero-order chi connectivity index (χ0) is 16.6. The molecule has 0 saturated carbocycles. The fourth-order valence-corrected chi connectivity index (χ4v) is 2.32. The predicted octanol–water partition coefficient (Wildman–Crippen LogP) is 1.80. The summed E-state index contributed by atoms with van der Waals surface area (Å²) in [6, 6.07) is 3.56. The summed E-state index contributed by atoms with van der Waals surface area (Å²) in [6.45, 7) is 3.65. The van der Waals surface area contributed by atoms with Gasteiger partial charge < -0.3 is 20.1 Å². The minimum atomic E-state index is -1.32. The van der Waals surface area contributed by atoms with Gasteiger partial charge in [-0.1, -0.05) is 0 Å². The van der Waals surface area contributed by atoms with Crippen molar-refractivity contribution < 1.29 is 19.4 Å². The number of carboxylic acids is 1. The molecule has 0 aliphatic carbocycles. The number of fused-ring (bicyclic) bond motifs is 1. The van der Waals surface area contributed by atoms with Gasteiger partial charge in [-0.05, 0) is 32.1 Å². The van der Waals surface area contributed by atoms with Crippen LogP contribution in [-0.2, 0) is 14.3 Å². The van der Waals surface area contributed by atoms with Crippen molar-refractivity contribution in [2.24, 2.45) is 0 Å². The lowest BCUT2D eigenvalue weighted by molar-refractivity contribution is -0.134. The first kappa shape index (κ1) is 14.8. The average Bonchev–Trinajstić information content (AvgIpc) is 3.01. The zero-order valence-corrected chi connectivity index (χ0v) is 12.6. The van der Waals surface area contributed by atoms with Gasteiger partial charge in [0.1, 0.15) is 5.65 Å². The number of carbonyl (C=O) groups excluding carboxylic acids is 1. The molecule has 1 aliphatic heterocycles. The van der Waals surface area contributed by atoms with Crippen LogP contribution < -0.4 is 5.32 Å². The van der Waals surface area contributed by atoms with Crippen molar-refractivity contribution in [2.45, 2.75) is 19.9 Å². The van der Waals surface area contributed by atoms with Crippen LogP contribution in [-0.4, -0.2) is 32.9 Å². The van der Waals surface area contributed by atoms with E-state index < -0.39 is 11.8 Å². The number of H-pyrrole nitrogens is 1. The van der Waals surface area contributed by atoms with Gasteiger partial charge in [0.15, 0.2) is 11.3 Å². The molecular formula is C16H15N3O4. The number of ketones is 1. The Hall–Kier alpha value is -3.09. The number of aromatic nitrogens is 2. The molecule has 118 valence electrons. The SMILES string of the molecule is CC(C)NC1=C(C(=O)O)C(=O)/C(=C/c2c[nH]c3ncccc23)O1. The smallest absolute Gasteiger partial charge is 0.345 e. The molecule has 0 amide bonds. The van der Waals surface area contributed by atoms with Gasteiger partial charge in [0, 0.05) is 29.4 Å². The van der Waals surface area contributed by atoms with Crippen LogP contribution in [0.1, 0.15) is 19.4 Å². The van der Waals surface area contributed by atoms with E-state index >= 15 is 0 Å². The molecule has 2 aromatic rings. The van der Waals surface area contributed by atoms with Crippen molar-refractivity contribution in [3.63, 3.8) is 0 Å². The van der Waals surface area contributed by atoms with Gasteiger partial charge in [0.2, 0.25) is 11.7 Å². The fraction of sp³-hybridized carbons (Fsp3) is 0.188. The molecule has 0 unspecified atom stereocenters. The molecule has 3 heterocycles. The maximum absolute atomic E-state index is 12.3. The lowest BCUT2D eigenvalue weighted by atomic mass is 10.1. The number of nitrogens with one attached hydrogen (secondary N) is 2. The van der Waals surface area contributed by atoms with Gasteiger partial charge in [-0.25, -0.2) is 9.78 Å². The van der Waals surface area contributed by atoms with Crippen molar-refractivity contribution in [3.8, 4) is 0 Å². The molecular weight excluding hydrogens is 298 g/mol. The number of aromatic amines is 1. The molecule has 0 aromatic carbocycles. The van der Waals surface area contributed by atoms with E-state index in [2.05, 4.69) is 15.3 Å². The molecule has 1 aliphatic rings. The molecule has 2 aromatic heterocycles. The van der Waals surface area contributed by atoms with Crippen LogP contribution in [0, 0.1) is 0 Å². The standard InChI is InChI=1S/C16H15N3O4/c1-8(2)19-15-12(16(21)22)13(20)11(23-15)6-9-7-18-14-10(9)4-3-5-17-14/h3-8,19H,1-2H3,(H,17,18)(H,21,22)/b11-6-. The number of hydrogen-bond donors (Lipinski definition) is 3. The van der Waals surface area contributed by atoms with E-state index in [-0.39, 0.29) is 23.3 Å². The van der Waals surface area contributed by atoms with Crippen LogP contribution in [0.5, 0.6) is 0 Å². The Kier molecular flexibility index (Phi) is 3.61. The molecule has 7 heteroatoms. The third-order valence-electron chi connectivity index (χ3n) is 3.29. The van der Waals surface area contributed by atoms with Crippen molar-refractivity contribution in [1.29, 1.82) is 0 Å². The van der Waals surface area contributed by atoms with Gasteiger partial charge in [0.25, 0.3) is 0 Å². The summed E-state index contributed by atoms with van der Waals surface area (Å²) in [5, 5.41) is 12.9. The summed E-state index contributed by atoms with van der Waals surface area (Å²) in [5.74, 6) is -2.03. The van der Waals surface area contributed by atoms with Crippen molar-refractivity contribution in [3.05, 3.63) is 47.3 Å². The number of allylic oxidation sites excluding steroid dienone is 1. The second-order valence-corrected chi connectivity index (χ2v) is 5.39. The summed E-state index contributed by atoms with van der Waals surface area (Å²) >= 11 is 0. The minimum absolute atomic E-state index is 0.0262.